The Morgan fingerprint density at radius 2 is 1.40 bits per heavy atom. The molecule has 0 aliphatic heterocycles. The molecule has 1 nitrogen and oxygen atoms in total. The monoisotopic (exact) mass is 339 g/mol. The third-order valence-corrected chi connectivity index (χ3v) is 3.52. The molecule has 0 radical (unpaired) electrons. The lowest BCUT2D eigenvalue weighted by atomic mass is 10.0. The fourth-order valence-electron chi connectivity index (χ4n) is 2.29. The van der Waals surface area contributed by atoms with Gasteiger partial charge in [-0.15, -0.1) is 0 Å². The van der Waals surface area contributed by atoms with Crippen LogP contribution in [0.4, 0.5) is 20.2 Å². The van der Waals surface area contributed by atoms with Crippen molar-refractivity contribution >= 4 is 11.4 Å². The maximum atomic E-state index is 13.4. The van der Waals surface area contributed by atoms with Gasteiger partial charge in [0, 0.05) is 11.4 Å². The highest BCUT2D eigenvalue weighted by Crippen LogP contribution is 2.28. The summed E-state index contributed by atoms with van der Waals surface area (Å²) in [6.45, 7) is 6.24. The standard InChI is InChI=1S/C19H15F2N.C3H8/c1-13-5-6-15(14-3-2-4-17(21)11-14)12-19(13)22-18-9-7-16(20)8-10-18;1-3-2/h2-12,22H,1H3;3H2,1-2H3. The predicted octanol–water partition coefficient (Wildman–Crippen LogP) is 7.10. The molecule has 3 aromatic rings. The fourth-order valence-corrected chi connectivity index (χ4v) is 2.29. The summed E-state index contributed by atoms with van der Waals surface area (Å²) in [5.41, 5.74) is 4.52. The number of hydrogen-bond donors (Lipinski definition) is 1. The summed E-state index contributed by atoms with van der Waals surface area (Å²) in [5, 5.41) is 3.26. The van der Waals surface area contributed by atoms with Gasteiger partial charge in [-0.2, -0.15) is 0 Å². The number of halogens is 2. The zero-order valence-corrected chi connectivity index (χ0v) is 14.8. The number of benzene rings is 3. The van der Waals surface area contributed by atoms with E-state index in [1.54, 1.807) is 18.2 Å². The van der Waals surface area contributed by atoms with E-state index in [-0.39, 0.29) is 11.6 Å². The molecule has 0 saturated heterocycles. The fraction of sp³-hybridized carbons (Fsp3) is 0.182. The van der Waals surface area contributed by atoms with Gasteiger partial charge < -0.3 is 5.32 Å². The van der Waals surface area contributed by atoms with E-state index in [9.17, 15) is 8.78 Å². The third kappa shape index (κ3) is 5.42. The van der Waals surface area contributed by atoms with Gasteiger partial charge in [-0.25, -0.2) is 8.78 Å². The smallest absolute Gasteiger partial charge is 0.123 e. The van der Waals surface area contributed by atoms with Crippen molar-refractivity contribution in [3.05, 3.63) is 83.9 Å². The lowest BCUT2D eigenvalue weighted by Crippen LogP contribution is -1.94. The van der Waals surface area contributed by atoms with Gasteiger partial charge in [-0.1, -0.05) is 44.5 Å². The molecule has 3 aromatic carbocycles. The molecule has 0 unspecified atom stereocenters. The molecule has 0 aliphatic carbocycles. The minimum atomic E-state index is -0.268. The van der Waals surface area contributed by atoms with Crippen molar-refractivity contribution in [1.82, 2.24) is 0 Å². The first-order chi connectivity index (χ1) is 12.0. The molecule has 3 rings (SSSR count). The number of hydrogen-bond acceptors (Lipinski definition) is 1. The summed E-state index contributed by atoms with van der Waals surface area (Å²) >= 11 is 0. The van der Waals surface area contributed by atoms with E-state index in [1.165, 1.54) is 30.7 Å². The van der Waals surface area contributed by atoms with Crippen LogP contribution < -0.4 is 5.32 Å². The van der Waals surface area contributed by atoms with E-state index in [0.717, 1.165) is 28.1 Å². The molecule has 0 spiro atoms. The van der Waals surface area contributed by atoms with Gasteiger partial charge in [0.1, 0.15) is 11.6 Å². The summed E-state index contributed by atoms with van der Waals surface area (Å²) in [5.74, 6) is -0.526. The molecule has 1 N–H and O–H groups in total. The largest absolute Gasteiger partial charge is 0.355 e. The van der Waals surface area contributed by atoms with E-state index in [4.69, 9.17) is 0 Å². The summed E-state index contributed by atoms with van der Waals surface area (Å²) in [6, 6.07) is 18.6. The van der Waals surface area contributed by atoms with Crippen LogP contribution in [-0.2, 0) is 0 Å². The van der Waals surface area contributed by atoms with Crippen LogP contribution in [0.3, 0.4) is 0 Å². The van der Waals surface area contributed by atoms with Crippen molar-refractivity contribution in [2.24, 2.45) is 0 Å². The highest BCUT2D eigenvalue weighted by Gasteiger charge is 2.04. The lowest BCUT2D eigenvalue weighted by Gasteiger charge is -2.12. The normalized spacial score (nSPS) is 9.96. The van der Waals surface area contributed by atoms with Crippen LogP contribution in [0.5, 0.6) is 0 Å². The van der Waals surface area contributed by atoms with Gasteiger partial charge in [0.15, 0.2) is 0 Å². The third-order valence-electron chi connectivity index (χ3n) is 3.52. The van der Waals surface area contributed by atoms with Crippen molar-refractivity contribution in [3.63, 3.8) is 0 Å². The Morgan fingerprint density at radius 1 is 0.760 bits per heavy atom. The van der Waals surface area contributed by atoms with Crippen LogP contribution in [0.15, 0.2) is 66.7 Å². The Kier molecular flexibility index (Phi) is 6.70. The number of nitrogens with one attached hydrogen (secondary N) is 1. The average Bonchev–Trinajstić information content (AvgIpc) is 2.59. The maximum absolute atomic E-state index is 13.4. The molecule has 0 fully saturated rings. The molecule has 0 aliphatic rings. The summed E-state index contributed by atoms with van der Waals surface area (Å²) in [4.78, 5) is 0. The minimum Gasteiger partial charge on any atom is -0.355 e. The Morgan fingerprint density at radius 3 is 2.04 bits per heavy atom. The second-order valence-electron chi connectivity index (χ2n) is 5.88. The lowest BCUT2D eigenvalue weighted by molar-refractivity contribution is 0.628. The quantitative estimate of drug-likeness (QED) is 0.536. The summed E-state index contributed by atoms with van der Waals surface area (Å²) in [7, 11) is 0. The van der Waals surface area contributed by atoms with Gasteiger partial charge in [0.25, 0.3) is 0 Å². The van der Waals surface area contributed by atoms with E-state index in [2.05, 4.69) is 19.2 Å². The topological polar surface area (TPSA) is 12.0 Å². The van der Waals surface area contributed by atoms with Crippen molar-refractivity contribution in [3.8, 4) is 11.1 Å². The molecule has 0 amide bonds. The second kappa shape index (κ2) is 8.97. The first-order valence-corrected chi connectivity index (χ1v) is 8.42. The SMILES string of the molecule is CCC.Cc1ccc(-c2cccc(F)c2)cc1Nc1ccc(F)cc1. The predicted molar refractivity (Wildman–Crippen MR) is 102 cm³/mol. The molecular weight excluding hydrogens is 316 g/mol. The van der Waals surface area contributed by atoms with Gasteiger partial charge in [0.2, 0.25) is 0 Å². The van der Waals surface area contributed by atoms with Crippen LogP contribution in [0.25, 0.3) is 11.1 Å². The Hall–Kier alpha value is -2.68. The van der Waals surface area contributed by atoms with Gasteiger partial charge in [-0.3, -0.25) is 0 Å². The van der Waals surface area contributed by atoms with E-state index in [1.807, 2.05) is 31.2 Å². The molecule has 0 aromatic heterocycles. The van der Waals surface area contributed by atoms with E-state index >= 15 is 0 Å². The molecule has 130 valence electrons. The minimum absolute atomic E-state index is 0.258. The van der Waals surface area contributed by atoms with Crippen LogP contribution in [0.2, 0.25) is 0 Å². The Balaban J connectivity index is 0.000000701. The van der Waals surface area contributed by atoms with Gasteiger partial charge in [0.05, 0.1) is 0 Å². The molecule has 3 heteroatoms. The molecule has 0 atom stereocenters. The number of anilines is 2. The molecule has 0 heterocycles. The zero-order chi connectivity index (χ0) is 18.2. The summed E-state index contributed by atoms with van der Waals surface area (Å²) in [6.07, 6.45) is 1.25. The zero-order valence-electron chi connectivity index (χ0n) is 14.8. The Bertz CT molecular complexity index is 811. The first-order valence-electron chi connectivity index (χ1n) is 8.42. The Labute approximate surface area is 148 Å². The second-order valence-corrected chi connectivity index (χ2v) is 5.88. The van der Waals surface area contributed by atoms with Crippen molar-refractivity contribution in [2.75, 3.05) is 5.32 Å². The number of rotatable bonds is 3. The molecular formula is C22H23F2N. The van der Waals surface area contributed by atoms with Crippen LogP contribution in [0, 0.1) is 18.6 Å². The highest BCUT2D eigenvalue weighted by molar-refractivity contribution is 5.73. The van der Waals surface area contributed by atoms with Crippen molar-refractivity contribution < 1.29 is 8.78 Å². The van der Waals surface area contributed by atoms with Crippen LogP contribution in [0.1, 0.15) is 25.8 Å². The molecule has 0 bridgehead atoms. The van der Waals surface area contributed by atoms with Crippen molar-refractivity contribution in [2.45, 2.75) is 27.2 Å². The molecule has 25 heavy (non-hydrogen) atoms. The van der Waals surface area contributed by atoms with E-state index < -0.39 is 0 Å². The number of aryl methyl sites for hydroxylation is 1. The van der Waals surface area contributed by atoms with Gasteiger partial charge >= 0.3 is 0 Å². The van der Waals surface area contributed by atoms with Crippen LogP contribution >= 0.6 is 0 Å². The first kappa shape index (κ1) is 18.7. The molecule has 0 saturated carbocycles. The highest BCUT2D eigenvalue weighted by atomic mass is 19.1. The maximum Gasteiger partial charge on any atom is 0.123 e. The summed E-state index contributed by atoms with van der Waals surface area (Å²) < 4.78 is 26.3. The van der Waals surface area contributed by atoms with E-state index in [0.29, 0.717) is 0 Å². The van der Waals surface area contributed by atoms with Crippen molar-refractivity contribution in [1.29, 1.82) is 0 Å². The average molecular weight is 339 g/mol. The van der Waals surface area contributed by atoms with Gasteiger partial charge in [-0.05, 0) is 66.1 Å². The van der Waals surface area contributed by atoms with Crippen LogP contribution in [-0.4, -0.2) is 0 Å².